The molecule has 0 heterocycles. The van der Waals surface area contributed by atoms with Crippen LogP contribution in [-0.4, -0.2) is 53.1 Å². The van der Waals surface area contributed by atoms with E-state index < -0.39 is 40.0 Å². The van der Waals surface area contributed by atoms with Gasteiger partial charge in [-0.2, -0.15) is 8.42 Å². The molecule has 0 aromatic heterocycles. The van der Waals surface area contributed by atoms with Crippen molar-refractivity contribution in [2.75, 3.05) is 5.75 Å². The normalized spacial score (nSPS) is 14.1. The second kappa shape index (κ2) is 37.1. The molecule has 0 rings (SSSR count). The second-order valence-corrected chi connectivity index (χ2v) is 16.6. The van der Waals surface area contributed by atoms with Gasteiger partial charge in [0.05, 0.1) is 17.9 Å². The summed E-state index contributed by atoms with van der Waals surface area (Å²) in [5, 5.41) is 23.4. The van der Waals surface area contributed by atoms with E-state index in [0.29, 0.717) is 6.42 Å². The fourth-order valence-corrected chi connectivity index (χ4v) is 7.36. The number of unbranched alkanes of at least 4 members (excludes halogenated alkanes) is 28. The Kier molecular flexibility index (Phi) is 36.2. The largest absolute Gasteiger partial charge is 0.387 e. The van der Waals surface area contributed by atoms with Crippen LogP contribution in [0.5, 0.6) is 0 Å². The van der Waals surface area contributed by atoms with E-state index >= 15 is 0 Å². The molecule has 0 saturated heterocycles. The van der Waals surface area contributed by atoms with Crippen LogP contribution in [0.15, 0.2) is 24.3 Å². The van der Waals surface area contributed by atoms with Crippen molar-refractivity contribution in [3.63, 3.8) is 0 Å². The van der Waals surface area contributed by atoms with Gasteiger partial charge in [0.25, 0.3) is 10.1 Å². The molecule has 1 amide bonds. The topological polar surface area (TPSA) is 124 Å². The summed E-state index contributed by atoms with van der Waals surface area (Å²) in [6.45, 7) is 4.51. The van der Waals surface area contributed by atoms with Gasteiger partial charge in [-0.1, -0.05) is 199 Å². The number of nitrogens with one attached hydrogen (secondary N) is 1. The van der Waals surface area contributed by atoms with E-state index in [2.05, 4.69) is 31.3 Å². The predicted octanol–water partition coefficient (Wildman–Crippen LogP) is 11.7. The first-order valence-electron chi connectivity index (χ1n) is 21.6. The van der Waals surface area contributed by atoms with Crippen LogP contribution in [0.25, 0.3) is 0 Å². The molecule has 3 atom stereocenters. The van der Waals surface area contributed by atoms with Gasteiger partial charge in [-0.05, 0) is 44.9 Å². The summed E-state index contributed by atoms with van der Waals surface area (Å²) < 4.78 is 32.5. The van der Waals surface area contributed by atoms with Crippen LogP contribution in [0.3, 0.4) is 0 Å². The molecular formula is C43H83NO6S. The fraction of sp³-hybridized carbons (Fsp3) is 0.884. The predicted molar refractivity (Wildman–Crippen MR) is 218 cm³/mol. The molecule has 0 bridgehead atoms. The van der Waals surface area contributed by atoms with E-state index in [9.17, 15) is 28.0 Å². The van der Waals surface area contributed by atoms with Crippen LogP contribution in [0, 0.1) is 0 Å². The third kappa shape index (κ3) is 36.9. The van der Waals surface area contributed by atoms with Gasteiger partial charge in [-0.25, -0.2) is 0 Å². The molecule has 0 aliphatic rings. The van der Waals surface area contributed by atoms with Gasteiger partial charge in [0.2, 0.25) is 5.91 Å². The Bertz CT molecular complexity index is 921. The van der Waals surface area contributed by atoms with E-state index in [4.69, 9.17) is 0 Å². The van der Waals surface area contributed by atoms with Gasteiger partial charge in [0.1, 0.15) is 6.10 Å². The molecule has 8 heteroatoms. The first-order chi connectivity index (χ1) is 24.7. The zero-order valence-corrected chi connectivity index (χ0v) is 34.2. The van der Waals surface area contributed by atoms with Crippen molar-refractivity contribution in [3.8, 4) is 0 Å². The molecular weight excluding hydrogens is 659 g/mol. The van der Waals surface area contributed by atoms with Crippen molar-refractivity contribution >= 4 is 16.0 Å². The summed E-state index contributed by atoms with van der Waals surface area (Å²) in [7, 11) is -4.44. The molecule has 0 aliphatic heterocycles. The highest BCUT2D eigenvalue weighted by atomic mass is 32.2. The lowest BCUT2D eigenvalue weighted by Gasteiger charge is -2.22. The van der Waals surface area contributed by atoms with Crippen LogP contribution in [-0.2, 0) is 14.9 Å². The van der Waals surface area contributed by atoms with Gasteiger partial charge in [-0.15, -0.1) is 0 Å². The van der Waals surface area contributed by atoms with E-state index in [1.807, 2.05) is 0 Å². The minimum atomic E-state index is -4.44. The van der Waals surface area contributed by atoms with Crippen molar-refractivity contribution < 1.29 is 28.0 Å². The van der Waals surface area contributed by atoms with Crippen LogP contribution in [0.4, 0.5) is 0 Å². The molecule has 0 aromatic rings. The molecule has 7 nitrogen and oxygen atoms in total. The first kappa shape index (κ1) is 49.8. The van der Waals surface area contributed by atoms with E-state index in [1.165, 1.54) is 154 Å². The number of hydrogen-bond acceptors (Lipinski definition) is 5. The van der Waals surface area contributed by atoms with Crippen molar-refractivity contribution in [2.24, 2.45) is 0 Å². The molecule has 0 spiro atoms. The maximum atomic E-state index is 12.6. The second-order valence-electron chi connectivity index (χ2n) is 15.1. The Balaban J connectivity index is 3.96. The van der Waals surface area contributed by atoms with Gasteiger partial charge >= 0.3 is 0 Å². The number of carbonyl (C=O) groups excluding carboxylic acids is 1. The van der Waals surface area contributed by atoms with Gasteiger partial charge in [0, 0.05) is 0 Å². The van der Waals surface area contributed by atoms with Gasteiger partial charge < -0.3 is 15.5 Å². The van der Waals surface area contributed by atoms with Crippen molar-refractivity contribution in [3.05, 3.63) is 24.3 Å². The van der Waals surface area contributed by atoms with E-state index in [-0.39, 0.29) is 6.42 Å². The molecule has 302 valence electrons. The Morgan fingerprint density at radius 2 is 0.863 bits per heavy atom. The summed E-state index contributed by atoms with van der Waals surface area (Å²) in [4.78, 5) is 12.6. The molecule has 0 aromatic carbocycles. The highest BCUT2D eigenvalue weighted by Crippen LogP contribution is 2.15. The average Bonchev–Trinajstić information content (AvgIpc) is 3.09. The number of amides is 1. The van der Waals surface area contributed by atoms with Crippen molar-refractivity contribution in [1.82, 2.24) is 5.32 Å². The number of rotatable bonds is 39. The lowest BCUT2D eigenvalue weighted by Crippen LogP contribution is -2.50. The lowest BCUT2D eigenvalue weighted by molar-refractivity contribution is -0.130. The monoisotopic (exact) mass is 742 g/mol. The maximum Gasteiger partial charge on any atom is 0.267 e. The van der Waals surface area contributed by atoms with Gasteiger partial charge in [0.15, 0.2) is 0 Å². The maximum absolute atomic E-state index is 12.6. The molecule has 51 heavy (non-hydrogen) atoms. The number of aliphatic hydroxyl groups is 2. The fourth-order valence-electron chi connectivity index (χ4n) is 6.63. The SMILES string of the molecule is CCCCCCCCCCCCC/C=C\CCCCCCCCC(O)C(=O)NC(CS(=O)(=O)O)C(O)/C=C/CCCCCCCCCCCCC. The quantitative estimate of drug-likeness (QED) is 0.0282. The highest BCUT2D eigenvalue weighted by Gasteiger charge is 2.27. The van der Waals surface area contributed by atoms with Crippen LogP contribution in [0.2, 0.25) is 0 Å². The van der Waals surface area contributed by atoms with Crippen LogP contribution in [0.1, 0.15) is 219 Å². The summed E-state index contributed by atoms with van der Waals surface area (Å²) >= 11 is 0. The van der Waals surface area contributed by atoms with Crippen LogP contribution >= 0.6 is 0 Å². The summed E-state index contributed by atoms with van der Waals surface area (Å²) in [6.07, 6.45) is 43.8. The number of aliphatic hydroxyl groups excluding tert-OH is 2. The Morgan fingerprint density at radius 1 is 0.529 bits per heavy atom. The molecule has 0 aliphatic carbocycles. The number of allylic oxidation sites excluding steroid dienone is 3. The molecule has 0 radical (unpaired) electrons. The Morgan fingerprint density at radius 3 is 1.24 bits per heavy atom. The van der Waals surface area contributed by atoms with Crippen molar-refractivity contribution in [1.29, 1.82) is 0 Å². The van der Waals surface area contributed by atoms with Gasteiger partial charge in [-0.3, -0.25) is 9.35 Å². The highest BCUT2D eigenvalue weighted by molar-refractivity contribution is 7.85. The third-order valence-electron chi connectivity index (χ3n) is 9.98. The standard InChI is InChI=1S/C43H83NO6S/c1-3-5-7-9-11-13-15-17-18-19-20-21-22-23-24-26-28-30-32-34-36-38-42(46)43(47)44-40(39-51(48,49)50)41(45)37-35-33-31-29-27-25-16-14-12-10-8-6-4-2/h22-23,35,37,40-42,45-46H,3-21,24-34,36,38-39H2,1-2H3,(H,44,47)(H,48,49,50)/b23-22-,37-35+. The number of hydrogen-bond donors (Lipinski definition) is 4. The lowest BCUT2D eigenvalue weighted by atomic mass is 10.0. The van der Waals surface area contributed by atoms with E-state index in [1.54, 1.807) is 6.08 Å². The zero-order valence-electron chi connectivity index (χ0n) is 33.4. The Labute approximate surface area is 316 Å². The van der Waals surface area contributed by atoms with Crippen molar-refractivity contribution in [2.45, 2.75) is 238 Å². The molecule has 3 unspecified atom stereocenters. The van der Waals surface area contributed by atoms with Crippen LogP contribution < -0.4 is 5.32 Å². The minimum Gasteiger partial charge on any atom is -0.387 e. The summed E-state index contributed by atoms with van der Waals surface area (Å²) in [5.74, 6) is -1.54. The zero-order chi connectivity index (χ0) is 37.7. The Hall–Kier alpha value is -1.22. The smallest absolute Gasteiger partial charge is 0.267 e. The van der Waals surface area contributed by atoms with E-state index in [0.717, 1.165) is 44.9 Å². The third-order valence-corrected chi connectivity index (χ3v) is 10.8. The minimum absolute atomic E-state index is 0.275. The summed E-state index contributed by atoms with van der Waals surface area (Å²) in [6, 6.07) is -1.23. The molecule has 0 saturated carbocycles. The average molecular weight is 742 g/mol. The summed E-state index contributed by atoms with van der Waals surface area (Å²) in [5.41, 5.74) is 0. The first-order valence-corrected chi connectivity index (χ1v) is 23.3. The molecule has 4 N–H and O–H groups in total. The number of carbonyl (C=O) groups is 1. The molecule has 0 fully saturated rings.